The van der Waals surface area contributed by atoms with Gasteiger partial charge >= 0.3 is 0 Å². The van der Waals surface area contributed by atoms with E-state index < -0.39 is 34.8 Å². The Balaban J connectivity index is 2.26. The zero-order valence-corrected chi connectivity index (χ0v) is 14.7. The third-order valence-electron chi connectivity index (χ3n) is 5.62. The summed E-state index contributed by atoms with van der Waals surface area (Å²) in [6.07, 6.45) is 1.87. The van der Waals surface area contributed by atoms with Crippen LogP contribution in [0.3, 0.4) is 0 Å². The summed E-state index contributed by atoms with van der Waals surface area (Å²) in [6.45, 7) is 3.78. The molecule has 3 atom stereocenters. The average molecular weight is 365 g/mol. The maximum Gasteiger partial charge on any atom is 0.189 e. The molecule has 1 N–H and O–H groups in total. The molecular weight excluding hydrogens is 348 g/mol. The topological polar surface area (TPSA) is 98.5 Å². The molecule has 3 rings (SSSR count). The lowest BCUT2D eigenvalue weighted by Gasteiger charge is -2.47. The van der Waals surface area contributed by atoms with Gasteiger partial charge in [-0.15, -0.1) is 0 Å². The molecule has 1 aromatic carbocycles. The van der Waals surface area contributed by atoms with E-state index in [2.05, 4.69) is 11.0 Å². The van der Waals surface area contributed by atoms with Crippen molar-refractivity contribution in [1.82, 2.24) is 4.90 Å². The lowest BCUT2D eigenvalue weighted by molar-refractivity contribution is 0.211. The number of likely N-dealkylation sites (N-methyl/N-ethyl adjacent to an activating group) is 1. The number of fused-ring (bicyclic) bond motifs is 1. The van der Waals surface area contributed by atoms with Gasteiger partial charge in [-0.05, 0) is 29.8 Å². The smallest absolute Gasteiger partial charge is 0.189 e. The molecule has 0 amide bonds. The quantitative estimate of drug-likeness (QED) is 0.814. The van der Waals surface area contributed by atoms with Gasteiger partial charge in [-0.3, -0.25) is 4.90 Å². The molecule has 1 aliphatic heterocycles. The number of benzene rings is 1. The Bertz CT molecular complexity index is 933. The minimum atomic E-state index is -1.91. The van der Waals surface area contributed by atoms with E-state index in [0.717, 1.165) is 18.7 Å². The maximum atomic E-state index is 13.9. The monoisotopic (exact) mass is 365 g/mol. The van der Waals surface area contributed by atoms with Crippen molar-refractivity contribution in [2.75, 3.05) is 19.6 Å². The number of hydrogen-bond acceptors (Lipinski definition) is 5. The van der Waals surface area contributed by atoms with Crippen LogP contribution in [0, 0.1) is 68.3 Å². The van der Waals surface area contributed by atoms with Gasteiger partial charge in [0.1, 0.15) is 5.92 Å². The van der Waals surface area contributed by atoms with Crippen molar-refractivity contribution in [2.24, 2.45) is 17.3 Å². The molecular formula is C20H17F2N5. The molecule has 0 radical (unpaired) electrons. The molecule has 1 unspecified atom stereocenters. The molecule has 0 saturated heterocycles. The fraction of sp³-hybridized carbons (Fsp3) is 0.400. The van der Waals surface area contributed by atoms with Crippen molar-refractivity contribution < 1.29 is 8.78 Å². The zero-order valence-electron chi connectivity index (χ0n) is 14.7. The number of hydrogen-bond donors (Lipinski definition) is 1. The number of nitriles is 3. The van der Waals surface area contributed by atoms with Crippen molar-refractivity contribution >= 4 is 5.71 Å². The zero-order chi connectivity index (χ0) is 19.8. The molecule has 0 spiro atoms. The second-order valence-electron chi connectivity index (χ2n) is 6.82. The molecule has 5 nitrogen and oxygen atoms in total. The summed E-state index contributed by atoms with van der Waals surface area (Å²) in [6, 6.07) is 9.23. The largest absolute Gasteiger partial charge is 0.305 e. The van der Waals surface area contributed by atoms with Crippen LogP contribution in [0.2, 0.25) is 0 Å². The Hall–Kier alpha value is -3.08. The lowest BCUT2D eigenvalue weighted by atomic mass is 9.54. The Morgan fingerprint density at radius 2 is 1.93 bits per heavy atom. The van der Waals surface area contributed by atoms with E-state index in [1.54, 1.807) is 0 Å². The molecule has 0 aromatic heterocycles. The summed E-state index contributed by atoms with van der Waals surface area (Å²) in [5.41, 5.74) is -1.24. The second kappa shape index (κ2) is 6.91. The minimum absolute atomic E-state index is 0.284. The van der Waals surface area contributed by atoms with Crippen LogP contribution in [-0.4, -0.2) is 30.2 Å². The number of halogens is 2. The van der Waals surface area contributed by atoms with Crippen molar-refractivity contribution in [1.29, 1.82) is 21.2 Å². The molecule has 27 heavy (non-hydrogen) atoms. The Kier molecular flexibility index (Phi) is 4.79. The molecule has 1 heterocycles. The van der Waals surface area contributed by atoms with Crippen molar-refractivity contribution in [3.05, 3.63) is 47.0 Å². The SMILES string of the molecule is CCN1CC=C2C(C#N)C(=N)C(C#N)(C#N)[C@@H](c3ccc(F)c(F)c3)[C@H]2C1. The third kappa shape index (κ3) is 2.70. The van der Waals surface area contributed by atoms with Gasteiger partial charge in [-0.1, -0.05) is 19.1 Å². The summed E-state index contributed by atoms with van der Waals surface area (Å²) in [5.74, 6) is -4.33. The first-order chi connectivity index (χ1) is 12.9. The normalized spacial score (nSPS) is 26.9. The highest BCUT2D eigenvalue weighted by Gasteiger charge is 2.57. The van der Waals surface area contributed by atoms with Crippen molar-refractivity contribution in [3.63, 3.8) is 0 Å². The van der Waals surface area contributed by atoms with E-state index in [4.69, 9.17) is 5.41 Å². The van der Waals surface area contributed by atoms with E-state index >= 15 is 0 Å². The van der Waals surface area contributed by atoms with Gasteiger partial charge in [0, 0.05) is 24.9 Å². The molecule has 136 valence electrons. The van der Waals surface area contributed by atoms with Crippen LogP contribution in [-0.2, 0) is 0 Å². The van der Waals surface area contributed by atoms with Crippen LogP contribution in [0.15, 0.2) is 29.8 Å². The summed E-state index contributed by atoms with van der Waals surface area (Å²) in [7, 11) is 0. The van der Waals surface area contributed by atoms with Crippen LogP contribution in [0.1, 0.15) is 18.4 Å². The van der Waals surface area contributed by atoms with Gasteiger partial charge in [0.25, 0.3) is 0 Å². The van der Waals surface area contributed by atoms with Gasteiger partial charge in [0.2, 0.25) is 0 Å². The lowest BCUT2D eigenvalue weighted by Crippen LogP contribution is -2.52. The number of rotatable bonds is 2. The highest BCUT2D eigenvalue weighted by molar-refractivity contribution is 6.00. The molecule has 1 aromatic rings. The van der Waals surface area contributed by atoms with Gasteiger partial charge < -0.3 is 5.41 Å². The minimum Gasteiger partial charge on any atom is -0.305 e. The second-order valence-corrected chi connectivity index (χ2v) is 6.82. The Morgan fingerprint density at radius 3 is 2.48 bits per heavy atom. The molecule has 2 aliphatic rings. The summed E-state index contributed by atoms with van der Waals surface area (Å²) >= 11 is 0. The van der Waals surface area contributed by atoms with Gasteiger partial charge in [-0.25, -0.2) is 8.78 Å². The standard InChI is InChI=1S/C20H17F2N5/c1-2-27-6-5-13-14(8-23)19(26)20(10-24,11-25)18(15(13)9-27)12-3-4-16(21)17(22)7-12/h3-5,7,14-15,18,26H,2,6,9H2,1H3/t14?,15-,18-/m0/s1. The Morgan fingerprint density at radius 1 is 1.22 bits per heavy atom. The predicted octanol–water partition coefficient (Wildman–Crippen LogP) is 3.13. The van der Waals surface area contributed by atoms with Crippen LogP contribution in [0.25, 0.3) is 0 Å². The fourth-order valence-corrected chi connectivity index (χ4v) is 4.21. The van der Waals surface area contributed by atoms with Crippen molar-refractivity contribution in [3.8, 4) is 18.2 Å². The van der Waals surface area contributed by atoms with Gasteiger partial charge in [0.05, 0.1) is 23.9 Å². The van der Waals surface area contributed by atoms with Crippen molar-refractivity contribution in [2.45, 2.75) is 12.8 Å². The fourth-order valence-electron chi connectivity index (χ4n) is 4.21. The third-order valence-corrected chi connectivity index (χ3v) is 5.62. The van der Waals surface area contributed by atoms with Gasteiger partial charge in [0.15, 0.2) is 17.0 Å². The predicted molar refractivity (Wildman–Crippen MR) is 93.3 cm³/mol. The maximum absolute atomic E-state index is 13.9. The first kappa shape index (κ1) is 18.7. The molecule has 1 fully saturated rings. The summed E-state index contributed by atoms with van der Waals surface area (Å²) < 4.78 is 27.4. The molecule has 7 heteroatoms. The number of nitrogens with one attached hydrogen (secondary N) is 1. The Labute approximate surface area is 156 Å². The first-order valence-corrected chi connectivity index (χ1v) is 8.61. The number of nitrogens with zero attached hydrogens (tertiary/aromatic N) is 4. The van der Waals surface area contributed by atoms with E-state index in [0.29, 0.717) is 18.7 Å². The molecule has 0 bridgehead atoms. The van der Waals surface area contributed by atoms with E-state index in [1.807, 2.05) is 25.1 Å². The summed E-state index contributed by atoms with van der Waals surface area (Å²) in [5, 5.41) is 37.8. The van der Waals surface area contributed by atoms with Crippen LogP contribution < -0.4 is 0 Å². The average Bonchev–Trinajstić information content (AvgIpc) is 2.69. The van der Waals surface area contributed by atoms with Crippen LogP contribution in [0.5, 0.6) is 0 Å². The van der Waals surface area contributed by atoms with Gasteiger partial charge in [-0.2, -0.15) is 15.8 Å². The molecule has 1 aliphatic carbocycles. The van der Waals surface area contributed by atoms with E-state index in [1.165, 1.54) is 6.07 Å². The van der Waals surface area contributed by atoms with E-state index in [-0.39, 0.29) is 11.3 Å². The molecule has 1 saturated carbocycles. The first-order valence-electron chi connectivity index (χ1n) is 8.61. The van der Waals surface area contributed by atoms with E-state index in [9.17, 15) is 24.6 Å². The van der Waals surface area contributed by atoms with Crippen LogP contribution >= 0.6 is 0 Å². The highest BCUT2D eigenvalue weighted by Crippen LogP contribution is 2.53. The highest BCUT2D eigenvalue weighted by atomic mass is 19.2. The summed E-state index contributed by atoms with van der Waals surface area (Å²) in [4.78, 5) is 2.09. The van der Waals surface area contributed by atoms with Crippen LogP contribution in [0.4, 0.5) is 8.78 Å².